The summed E-state index contributed by atoms with van der Waals surface area (Å²) in [4.78, 5) is 0. The molecule has 14 heavy (non-hydrogen) atoms. The van der Waals surface area contributed by atoms with Crippen molar-refractivity contribution in [2.24, 2.45) is 11.5 Å². The fourth-order valence-corrected chi connectivity index (χ4v) is 1.27. The second kappa shape index (κ2) is 13.2. The lowest BCUT2D eigenvalue weighted by Gasteiger charge is -2.09. The standard InChI is InChI=1S/C10H25N3.ClH/c1-2-3-8-13-9-4-5-10(12)6-7-11;/h10,13H,2-9,11-12H2,1H3;1H. The molecule has 4 heteroatoms. The summed E-state index contributed by atoms with van der Waals surface area (Å²) in [5, 5.41) is 3.40. The summed E-state index contributed by atoms with van der Waals surface area (Å²) < 4.78 is 0. The molecule has 0 aliphatic carbocycles. The highest BCUT2D eigenvalue weighted by molar-refractivity contribution is 5.85. The van der Waals surface area contributed by atoms with Gasteiger partial charge in [0, 0.05) is 6.04 Å². The minimum atomic E-state index is 0. The first kappa shape index (κ1) is 16.6. The van der Waals surface area contributed by atoms with E-state index in [9.17, 15) is 0 Å². The first-order valence-corrected chi connectivity index (χ1v) is 5.47. The van der Waals surface area contributed by atoms with Crippen molar-refractivity contribution in [3.05, 3.63) is 0 Å². The normalized spacial score (nSPS) is 12.2. The van der Waals surface area contributed by atoms with E-state index in [2.05, 4.69) is 12.2 Å². The predicted octanol–water partition coefficient (Wildman–Crippen LogP) is 1.25. The van der Waals surface area contributed by atoms with Crippen molar-refractivity contribution in [2.45, 2.75) is 45.1 Å². The predicted molar refractivity (Wildman–Crippen MR) is 65.9 cm³/mol. The molecular weight excluding hydrogens is 198 g/mol. The molecule has 0 saturated carbocycles. The molecule has 1 atom stereocenters. The summed E-state index contributed by atoms with van der Waals surface area (Å²) in [6.07, 6.45) is 5.75. The third-order valence-corrected chi connectivity index (χ3v) is 2.17. The van der Waals surface area contributed by atoms with Crippen molar-refractivity contribution in [3.8, 4) is 0 Å². The molecule has 88 valence electrons. The van der Waals surface area contributed by atoms with Gasteiger partial charge >= 0.3 is 0 Å². The minimum absolute atomic E-state index is 0. The van der Waals surface area contributed by atoms with Gasteiger partial charge in [0.05, 0.1) is 0 Å². The van der Waals surface area contributed by atoms with Gasteiger partial charge in [0.1, 0.15) is 0 Å². The Morgan fingerprint density at radius 1 is 1.14 bits per heavy atom. The van der Waals surface area contributed by atoms with Gasteiger partial charge in [-0.3, -0.25) is 0 Å². The molecule has 0 saturated heterocycles. The van der Waals surface area contributed by atoms with Crippen LogP contribution in [0.25, 0.3) is 0 Å². The molecule has 0 aliphatic rings. The third kappa shape index (κ3) is 12.2. The van der Waals surface area contributed by atoms with Gasteiger partial charge in [-0.05, 0) is 45.3 Å². The van der Waals surface area contributed by atoms with Crippen LogP contribution in [-0.4, -0.2) is 25.7 Å². The molecule has 0 aliphatic heterocycles. The maximum atomic E-state index is 5.82. The Bertz CT molecular complexity index is 101. The monoisotopic (exact) mass is 223 g/mol. The number of hydrogen-bond donors (Lipinski definition) is 3. The topological polar surface area (TPSA) is 64.1 Å². The second-order valence-corrected chi connectivity index (χ2v) is 3.58. The molecule has 0 radical (unpaired) electrons. The molecule has 0 rings (SSSR count). The van der Waals surface area contributed by atoms with Crippen LogP contribution in [0.2, 0.25) is 0 Å². The zero-order chi connectivity index (χ0) is 9.94. The largest absolute Gasteiger partial charge is 0.330 e. The van der Waals surface area contributed by atoms with Crippen LogP contribution in [0.5, 0.6) is 0 Å². The average molecular weight is 224 g/mol. The summed E-state index contributed by atoms with van der Waals surface area (Å²) in [6, 6.07) is 0.304. The maximum absolute atomic E-state index is 5.82. The van der Waals surface area contributed by atoms with E-state index >= 15 is 0 Å². The van der Waals surface area contributed by atoms with E-state index in [4.69, 9.17) is 11.5 Å². The van der Waals surface area contributed by atoms with Crippen molar-refractivity contribution in [2.75, 3.05) is 19.6 Å². The van der Waals surface area contributed by atoms with E-state index in [0.29, 0.717) is 12.6 Å². The number of halogens is 1. The van der Waals surface area contributed by atoms with Crippen LogP contribution < -0.4 is 16.8 Å². The molecule has 0 aromatic heterocycles. The van der Waals surface area contributed by atoms with E-state index in [1.807, 2.05) is 0 Å². The molecule has 5 N–H and O–H groups in total. The summed E-state index contributed by atoms with van der Waals surface area (Å²) >= 11 is 0. The fourth-order valence-electron chi connectivity index (χ4n) is 1.27. The minimum Gasteiger partial charge on any atom is -0.330 e. The summed E-state index contributed by atoms with van der Waals surface area (Å²) in [6.45, 7) is 5.16. The zero-order valence-electron chi connectivity index (χ0n) is 9.30. The average Bonchev–Trinajstić information content (AvgIpc) is 2.11. The number of unbranched alkanes of at least 4 members (excludes halogenated alkanes) is 1. The van der Waals surface area contributed by atoms with Crippen molar-refractivity contribution >= 4 is 12.4 Å². The highest BCUT2D eigenvalue weighted by atomic mass is 35.5. The number of nitrogens with two attached hydrogens (primary N) is 2. The summed E-state index contributed by atoms with van der Waals surface area (Å²) in [5.41, 5.74) is 11.2. The Kier molecular flexibility index (Phi) is 15.6. The molecule has 0 aromatic carbocycles. The fraction of sp³-hybridized carbons (Fsp3) is 1.00. The number of nitrogens with one attached hydrogen (secondary N) is 1. The van der Waals surface area contributed by atoms with Crippen molar-refractivity contribution < 1.29 is 0 Å². The van der Waals surface area contributed by atoms with E-state index in [1.165, 1.54) is 19.3 Å². The summed E-state index contributed by atoms with van der Waals surface area (Å²) in [5.74, 6) is 0. The molecule has 0 aromatic rings. The Balaban J connectivity index is 0. The molecule has 3 nitrogen and oxygen atoms in total. The Labute approximate surface area is 94.4 Å². The van der Waals surface area contributed by atoms with Crippen molar-refractivity contribution in [3.63, 3.8) is 0 Å². The lowest BCUT2D eigenvalue weighted by atomic mass is 10.1. The number of hydrogen-bond acceptors (Lipinski definition) is 3. The van der Waals surface area contributed by atoms with Crippen LogP contribution in [0.3, 0.4) is 0 Å². The van der Waals surface area contributed by atoms with Gasteiger partial charge in [-0.25, -0.2) is 0 Å². The zero-order valence-corrected chi connectivity index (χ0v) is 10.1. The van der Waals surface area contributed by atoms with Gasteiger partial charge < -0.3 is 16.8 Å². The van der Waals surface area contributed by atoms with E-state index < -0.39 is 0 Å². The smallest absolute Gasteiger partial charge is 0.00513 e. The van der Waals surface area contributed by atoms with Crippen LogP contribution >= 0.6 is 12.4 Å². The SMILES string of the molecule is CCCCNCCCC(N)CCN.Cl. The molecule has 0 heterocycles. The maximum Gasteiger partial charge on any atom is 0.00513 e. The van der Waals surface area contributed by atoms with E-state index in [1.54, 1.807) is 0 Å². The van der Waals surface area contributed by atoms with Gasteiger partial charge in [0.2, 0.25) is 0 Å². The quantitative estimate of drug-likeness (QED) is 0.516. The lowest BCUT2D eigenvalue weighted by Crippen LogP contribution is -2.25. The Hall–Kier alpha value is 0.170. The van der Waals surface area contributed by atoms with Crippen LogP contribution in [0.4, 0.5) is 0 Å². The van der Waals surface area contributed by atoms with Crippen LogP contribution in [0, 0.1) is 0 Å². The lowest BCUT2D eigenvalue weighted by molar-refractivity contribution is 0.524. The molecular formula is C10H26ClN3. The van der Waals surface area contributed by atoms with Crippen LogP contribution in [-0.2, 0) is 0 Å². The highest BCUT2D eigenvalue weighted by Crippen LogP contribution is 1.96. The third-order valence-electron chi connectivity index (χ3n) is 2.17. The van der Waals surface area contributed by atoms with Gasteiger partial charge in [0.25, 0.3) is 0 Å². The molecule has 0 amide bonds. The van der Waals surface area contributed by atoms with Crippen LogP contribution in [0.15, 0.2) is 0 Å². The molecule has 0 fully saturated rings. The summed E-state index contributed by atoms with van der Waals surface area (Å²) in [7, 11) is 0. The van der Waals surface area contributed by atoms with Gasteiger partial charge in [-0.15, -0.1) is 12.4 Å². The second-order valence-electron chi connectivity index (χ2n) is 3.58. The first-order valence-electron chi connectivity index (χ1n) is 5.47. The molecule has 0 bridgehead atoms. The molecule has 0 spiro atoms. The van der Waals surface area contributed by atoms with Crippen molar-refractivity contribution in [1.29, 1.82) is 0 Å². The van der Waals surface area contributed by atoms with Gasteiger partial charge in [-0.1, -0.05) is 13.3 Å². The van der Waals surface area contributed by atoms with Gasteiger partial charge in [0.15, 0.2) is 0 Å². The Morgan fingerprint density at radius 2 is 1.79 bits per heavy atom. The van der Waals surface area contributed by atoms with Crippen LogP contribution in [0.1, 0.15) is 39.0 Å². The van der Waals surface area contributed by atoms with Crippen molar-refractivity contribution in [1.82, 2.24) is 5.32 Å². The number of rotatable bonds is 9. The molecule has 1 unspecified atom stereocenters. The van der Waals surface area contributed by atoms with E-state index in [0.717, 1.165) is 25.9 Å². The Morgan fingerprint density at radius 3 is 2.36 bits per heavy atom. The highest BCUT2D eigenvalue weighted by Gasteiger charge is 1.99. The van der Waals surface area contributed by atoms with E-state index in [-0.39, 0.29) is 12.4 Å². The van der Waals surface area contributed by atoms with Gasteiger partial charge in [-0.2, -0.15) is 0 Å². The first-order chi connectivity index (χ1) is 6.31.